The van der Waals surface area contributed by atoms with Gasteiger partial charge in [-0.2, -0.15) is 0 Å². The van der Waals surface area contributed by atoms with Crippen molar-refractivity contribution in [1.29, 1.82) is 0 Å². The Labute approximate surface area is 90.6 Å². The second-order valence-electron chi connectivity index (χ2n) is 4.17. The van der Waals surface area contributed by atoms with Gasteiger partial charge >= 0.3 is 0 Å². The molecule has 74 valence electrons. The average Bonchev–Trinajstić information content (AvgIpc) is 2.30. The summed E-state index contributed by atoms with van der Waals surface area (Å²) in [6, 6.07) is 6.22. The van der Waals surface area contributed by atoms with Gasteiger partial charge < -0.3 is 0 Å². The predicted molar refractivity (Wildman–Crippen MR) is 62.8 cm³/mol. The van der Waals surface area contributed by atoms with E-state index < -0.39 is 0 Å². The van der Waals surface area contributed by atoms with Gasteiger partial charge in [-0.15, -0.1) is 0 Å². The molecule has 0 bridgehead atoms. The lowest BCUT2D eigenvalue weighted by atomic mass is 9.94. The minimum Gasteiger partial charge on any atom is -0.0837 e. The van der Waals surface area contributed by atoms with E-state index in [-0.39, 0.29) is 0 Å². The van der Waals surface area contributed by atoms with E-state index in [4.69, 9.17) is 11.6 Å². The fourth-order valence-corrected chi connectivity index (χ4v) is 2.29. The third-order valence-electron chi connectivity index (χ3n) is 2.98. The molecule has 0 spiro atoms. The minimum atomic E-state index is 0.623. The van der Waals surface area contributed by atoms with E-state index in [1.54, 1.807) is 0 Å². The van der Waals surface area contributed by atoms with Gasteiger partial charge in [-0.3, -0.25) is 0 Å². The van der Waals surface area contributed by atoms with Crippen LogP contribution in [-0.4, -0.2) is 0 Å². The number of hydrogen-bond acceptors (Lipinski definition) is 0. The number of rotatable bonds is 0. The van der Waals surface area contributed by atoms with Crippen LogP contribution in [0.1, 0.15) is 43.7 Å². The molecule has 0 unspecified atom stereocenters. The molecule has 0 fully saturated rings. The summed E-state index contributed by atoms with van der Waals surface area (Å²) >= 11 is 6.20. The summed E-state index contributed by atoms with van der Waals surface area (Å²) < 4.78 is 0. The molecule has 1 aliphatic rings. The summed E-state index contributed by atoms with van der Waals surface area (Å²) in [5.41, 5.74) is 4.06. The molecular formula is C13H15Cl. The number of fused-ring (bicyclic) bond motifs is 1. The molecule has 0 aliphatic heterocycles. The highest BCUT2D eigenvalue weighted by molar-refractivity contribution is 6.32. The number of halogens is 1. The minimum absolute atomic E-state index is 0.623. The summed E-state index contributed by atoms with van der Waals surface area (Å²) in [6.07, 6.45) is 4.66. The van der Waals surface area contributed by atoms with Crippen LogP contribution in [0.15, 0.2) is 23.8 Å². The zero-order chi connectivity index (χ0) is 10.1. The van der Waals surface area contributed by atoms with Crippen LogP contribution in [0.25, 0.3) is 6.08 Å². The van der Waals surface area contributed by atoms with E-state index in [1.165, 1.54) is 29.5 Å². The molecule has 0 saturated carbocycles. The zero-order valence-corrected chi connectivity index (χ0v) is 9.43. The van der Waals surface area contributed by atoms with Crippen LogP contribution in [0.5, 0.6) is 0 Å². The molecular weight excluding hydrogens is 192 g/mol. The van der Waals surface area contributed by atoms with Gasteiger partial charge in [0.2, 0.25) is 0 Å². The maximum atomic E-state index is 6.20. The fraction of sp³-hybridized carbons (Fsp3) is 0.385. The van der Waals surface area contributed by atoms with Crippen molar-refractivity contribution < 1.29 is 0 Å². The summed E-state index contributed by atoms with van der Waals surface area (Å²) in [7, 11) is 0. The normalized spacial score (nSPS) is 21.1. The third-order valence-corrected chi connectivity index (χ3v) is 3.31. The molecule has 1 aromatic rings. The monoisotopic (exact) mass is 206 g/mol. The molecule has 0 heterocycles. The van der Waals surface area contributed by atoms with Crippen LogP contribution >= 0.6 is 11.6 Å². The predicted octanol–water partition coefficient (Wildman–Crippen LogP) is 4.64. The van der Waals surface area contributed by atoms with Gasteiger partial charge in [0.15, 0.2) is 0 Å². The van der Waals surface area contributed by atoms with Gasteiger partial charge in [0.1, 0.15) is 0 Å². The standard InChI is InChI=1S/C13H15Cl/c1-9-6-7-10(2)11-4-3-5-13(14)12(11)8-9/h3-5,8,10H,6-7H2,1-2H3/t10-/m1/s1. The molecule has 2 rings (SSSR count). The molecule has 14 heavy (non-hydrogen) atoms. The van der Waals surface area contributed by atoms with Gasteiger partial charge in [0, 0.05) is 5.02 Å². The Morgan fingerprint density at radius 1 is 1.36 bits per heavy atom. The van der Waals surface area contributed by atoms with Crippen molar-refractivity contribution in [1.82, 2.24) is 0 Å². The Morgan fingerprint density at radius 2 is 2.14 bits per heavy atom. The second-order valence-corrected chi connectivity index (χ2v) is 4.58. The van der Waals surface area contributed by atoms with Crippen LogP contribution in [0.2, 0.25) is 5.02 Å². The lowest BCUT2D eigenvalue weighted by Gasteiger charge is -2.12. The molecule has 0 nitrogen and oxygen atoms in total. The van der Waals surface area contributed by atoms with E-state index >= 15 is 0 Å². The van der Waals surface area contributed by atoms with Crippen molar-refractivity contribution in [3.8, 4) is 0 Å². The highest BCUT2D eigenvalue weighted by Gasteiger charge is 2.15. The Hall–Kier alpha value is -0.750. The van der Waals surface area contributed by atoms with E-state index in [2.05, 4.69) is 26.0 Å². The van der Waals surface area contributed by atoms with Gasteiger partial charge in [0.25, 0.3) is 0 Å². The van der Waals surface area contributed by atoms with Crippen molar-refractivity contribution in [2.45, 2.75) is 32.6 Å². The maximum Gasteiger partial charge on any atom is 0.0481 e. The zero-order valence-electron chi connectivity index (χ0n) is 8.68. The Kier molecular flexibility index (Phi) is 2.64. The number of allylic oxidation sites excluding steroid dienone is 1. The lowest BCUT2D eigenvalue weighted by Crippen LogP contribution is -1.94. The van der Waals surface area contributed by atoms with Crippen molar-refractivity contribution in [3.63, 3.8) is 0 Å². The smallest absolute Gasteiger partial charge is 0.0481 e. The van der Waals surface area contributed by atoms with Crippen LogP contribution in [0.4, 0.5) is 0 Å². The average molecular weight is 207 g/mol. The topological polar surface area (TPSA) is 0 Å². The molecule has 0 saturated heterocycles. The fourth-order valence-electron chi connectivity index (χ4n) is 2.05. The van der Waals surface area contributed by atoms with Crippen molar-refractivity contribution in [2.24, 2.45) is 0 Å². The Bertz CT molecular complexity index is 377. The van der Waals surface area contributed by atoms with Gasteiger partial charge in [-0.05, 0) is 42.9 Å². The van der Waals surface area contributed by atoms with Gasteiger partial charge in [-0.1, -0.05) is 42.3 Å². The summed E-state index contributed by atoms with van der Waals surface area (Å²) in [5.74, 6) is 0.623. The summed E-state index contributed by atoms with van der Waals surface area (Å²) in [4.78, 5) is 0. The molecule has 0 radical (unpaired) electrons. The van der Waals surface area contributed by atoms with E-state index in [9.17, 15) is 0 Å². The summed E-state index contributed by atoms with van der Waals surface area (Å²) in [6.45, 7) is 4.47. The van der Waals surface area contributed by atoms with Crippen LogP contribution < -0.4 is 0 Å². The van der Waals surface area contributed by atoms with Gasteiger partial charge in [0.05, 0.1) is 0 Å². The largest absolute Gasteiger partial charge is 0.0837 e. The molecule has 1 heteroatoms. The number of benzene rings is 1. The Morgan fingerprint density at radius 3 is 2.93 bits per heavy atom. The quantitative estimate of drug-likeness (QED) is 0.580. The molecule has 0 amide bonds. The van der Waals surface area contributed by atoms with Gasteiger partial charge in [-0.25, -0.2) is 0 Å². The van der Waals surface area contributed by atoms with E-state index in [0.717, 1.165) is 5.02 Å². The maximum absolute atomic E-state index is 6.20. The second kappa shape index (κ2) is 3.78. The highest BCUT2D eigenvalue weighted by Crippen LogP contribution is 2.34. The highest BCUT2D eigenvalue weighted by atomic mass is 35.5. The molecule has 1 atom stereocenters. The molecule has 0 aromatic heterocycles. The number of hydrogen-bond donors (Lipinski definition) is 0. The van der Waals surface area contributed by atoms with Crippen LogP contribution in [0, 0.1) is 0 Å². The van der Waals surface area contributed by atoms with Crippen LogP contribution in [-0.2, 0) is 0 Å². The van der Waals surface area contributed by atoms with E-state index in [0.29, 0.717) is 5.92 Å². The first-order chi connectivity index (χ1) is 6.68. The lowest BCUT2D eigenvalue weighted by molar-refractivity contribution is 0.683. The first kappa shape index (κ1) is 9.79. The van der Waals surface area contributed by atoms with Crippen molar-refractivity contribution >= 4 is 17.7 Å². The van der Waals surface area contributed by atoms with E-state index in [1.807, 2.05) is 12.1 Å². The molecule has 1 aromatic carbocycles. The SMILES string of the molecule is CC1=Cc2c(Cl)cccc2[C@H](C)CC1. The molecule has 1 aliphatic carbocycles. The Balaban J connectivity index is 2.59. The third kappa shape index (κ3) is 1.72. The first-order valence-electron chi connectivity index (χ1n) is 5.14. The van der Waals surface area contributed by atoms with Crippen LogP contribution in [0.3, 0.4) is 0 Å². The first-order valence-corrected chi connectivity index (χ1v) is 5.52. The summed E-state index contributed by atoms with van der Waals surface area (Å²) in [5, 5.41) is 0.885. The van der Waals surface area contributed by atoms with Crippen molar-refractivity contribution in [2.75, 3.05) is 0 Å². The molecule has 0 N–H and O–H groups in total. The van der Waals surface area contributed by atoms with Crippen molar-refractivity contribution in [3.05, 3.63) is 39.9 Å².